The zero-order chi connectivity index (χ0) is 20.7. The van der Waals surface area contributed by atoms with Crippen molar-refractivity contribution >= 4 is 35.2 Å². The molecule has 2 amide bonds. The van der Waals surface area contributed by atoms with E-state index in [9.17, 15) is 19.6 Å². The number of amides is 2. The van der Waals surface area contributed by atoms with Gasteiger partial charge in [0.15, 0.2) is 6.61 Å². The average Bonchev–Trinajstić information content (AvgIpc) is 3.48. The summed E-state index contributed by atoms with van der Waals surface area (Å²) in [6.07, 6.45) is 1.82. The van der Waals surface area contributed by atoms with Gasteiger partial charge in [-0.2, -0.15) is 5.26 Å². The Morgan fingerprint density at radius 2 is 1.96 bits per heavy atom. The fourth-order valence-corrected chi connectivity index (χ4v) is 3.37. The number of carbonyl (C=O) groups is 3. The van der Waals surface area contributed by atoms with Gasteiger partial charge in [-0.05, 0) is 51.2 Å². The van der Waals surface area contributed by atoms with Crippen LogP contribution >= 0.6 is 11.8 Å². The molecule has 8 heteroatoms. The monoisotopic (exact) mass is 403 g/mol. The lowest BCUT2D eigenvalue weighted by molar-refractivity contribution is -0.146. The van der Waals surface area contributed by atoms with Crippen molar-refractivity contribution in [3.8, 4) is 6.07 Å². The molecular weight excluding hydrogens is 378 g/mol. The van der Waals surface area contributed by atoms with Gasteiger partial charge in [0.25, 0.3) is 5.91 Å². The fourth-order valence-electron chi connectivity index (χ4n) is 2.76. The van der Waals surface area contributed by atoms with Crippen LogP contribution in [0.3, 0.4) is 0 Å². The van der Waals surface area contributed by atoms with Crippen LogP contribution < -0.4 is 10.6 Å². The number of thioether (sulfide) groups is 1. The van der Waals surface area contributed by atoms with E-state index in [0.717, 1.165) is 41.4 Å². The molecule has 0 aromatic heterocycles. The van der Waals surface area contributed by atoms with Crippen molar-refractivity contribution in [2.24, 2.45) is 5.92 Å². The van der Waals surface area contributed by atoms with Gasteiger partial charge in [0.1, 0.15) is 5.54 Å². The number of ether oxygens (including phenoxy) is 1. The molecule has 0 bridgehead atoms. The first-order valence-electron chi connectivity index (χ1n) is 9.06. The van der Waals surface area contributed by atoms with E-state index in [1.165, 1.54) is 0 Å². The molecule has 0 saturated heterocycles. The van der Waals surface area contributed by atoms with Crippen molar-refractivity contribution in [3.63, 3.8) is 0 Å². The van der Waals surface area contributed by atoms with E-state index in [4.69, 9.17) is 4.74 Å². The molecule has 0 aliphatic heterocycles. The summed E-state index contributed by atoms with van der Waals surface area (Å²) < 4.78 is 4.91. The van der Waals surface area contributed by atoms with Crippen LogP contribution in [0.5, 0.6) is 0 Å². The number of hydrogen-bond donors (Lipinski definition) is 2. The summed E-state index contributed by atoms with van der Waals surface area (Å²) in [6, 6.07) is 7.85. The molecule has 28 heavy (non-hydrogen) atoms. The molecule has 0 heterocycles. The van der Waals surface area contributed by atoms with Crippen LogP contribution in [0.2, 0.25) is 0 Å². The Morgan fingerprint density at radius 1 is 1.25 bits per heavy atom. The Morgan fingerprint density at radius 3 is 2.57 bits per heavy atom. The second kappa shape index (κ2) is 9.60. The number of carbonyl (C=O) groups excluding carboxylic acids is 3. The van der Waals surface area contributed by atoms with Gasteiger partial charge in [-0.3, -0.25) is 14.4 Å². The second-order valence-electron chi connectivity index (χ2n) is 7.16. The van der Waals surface area contributed by atoms with Crippen molar-refractivity contribution in [2.45, 2.75) is 39.2 Å². The van der Waals surface area contributed by atoms with E-state index in [1.807, 2.05) is 32.0 Å². The Labute approximate surface area is 169 Å². The van der Waals surface area contributed by atoms with Crippen LogP contribution in [0.1, 0.15) is 30.9 Å². The number of nitriles is 1. The molecule has 150 valence electrons. The smallest absolute Gasteiger partial charge is 0.316 e. The zero-order valence-electron chi connectivity index (χ0n) is 16.3. The number of hydrogen-bond acceptors (Lipinski definition) is 6. The molecule has 2 rings (SSSR count). The predicted octanol–water partition coefficient (Wildman–Crippen LogP) is 2.33. The molecule has 1 saturated carbocycles. The highest BCUT2D eigenvalue weighted by Gasteiger charge is 2.43. The molecule has 1 fully saturated rings. The van der Waals surface area contributed by atoms with Crippen LogP contribution in [-0.2, 0) is 19.1 Å². The van der Waals surface area contributed by atoms with Crippen LogP contribution in [0, 0.1) is 31.1 Å². The quantitative estimate of drug-likeness (QED) is 0.613. The first-order chi connectivity index (χ1) is 13.2. The Kier molecular flexibility index (Phi) is 7.46. The molecule has 1 aliphatic rings. The SMILES string of the molecule is Cc1ccc(NC(=O)CSCC(=O)OCC(=O)N[C@](C)(C#N)C2CC2)c(C)c1. The van der Waals surface area contributed by atoms with Gasteiger partial charge in [0.2, 0.25) is 5.91 Å². The van der Waals surface area contributed by atoms with Crippen LogP contribution in [0.4, 0.5) is 5.69 Å². The fraction of sp³-hybridized carbons (Fsp3) is 0.500. The van der Waals surface area contributed by atoms with Gasteiger partial charge in [0.05, 0.1) is 17.6 Å². The molecular formula is C20H25N3O4S. The second-order valence-corrected chi connectivity index (χ2v) is 8.14. The van der Waals surface area contributed by atoms with Crippen molar-refractivity contribution in [2.75, 3.05) is 23.4 Å². The molecule has 2 N–H and O–H groups in total. The molecule has 1 aromatic rings. The summed E-state index contributed by atoms with van der Waals surface area (Å²) in [5.74, 6) is -1.07. The summed E-state index contributed by atoms with van der Waals surface area (Å²) >= 11 is 1.11. The van der Waals surface area contributed by atoms with Crippen LogP contribution in [-0.4, -0.2) is 41.4 Å². The maximum absolute atomic E-state index is 12.0. The lowest BCUT2D eigenvalue weighted by atomic mass is 9.98. The number of benzene rings is 1. The minimum absolute atomic E-state index is 0.0360. The third kappa shape index (κ3) is 6.57. The third-order valence-electron chi connectivity index (χ3n) is 4.50. The topological polar surface area (TPSA) is 108 Å². The summed E-state index contributed by atoms with van der Waals surface area (Å²) in [7, 11) is 0. The summed E-state index contributed by atoms with van der Waals surface area (Å²) in [6.45, 7) is 5.14. The van der Waals surface area contributed by atoms with Crippen LogP contribution in [0.15, 0.2) is 18.2 Å². The van der Waals surface area contributed by atoms with E-state index in [0.29, 0.717) is 0 Å². The van der Waals surface area contributed by atoms with Crippen molar-refractivity contribution in [3.05, 3.63) is 29.3 Å². The Bertz CT molecular complexity index is 801. The number of esters is 1. The van der Waals surface area contributed by atoms with Gasteiger partial charge in [-0.25, -0.2) is 0 Å². The number of rotatable bonds is 9. The van der Waals surface area contributed by atoms with Crippen LogP contribution in [0.25, 0.3) is 0 Å². The minimum atomic E-state index is -0.912. The number of aryl methyl sites for hydroxylation is 2. The van der Waals surface area contributed by atoms with E-state index >= 15 is 0 Å². The lowest BCUT2D eigenvalue weighted by Crippen LogP contribution is -2.48. The highest BCUT2D eigenvalue weighted by atomic mass is 32.2. The molecule has 7 nitrogen and oxygen atoms in total. The molecule has 1 aromatic carbocycles. The summed E-state index contributed by atoms with van der Waals surface area (Å²) in [5.41, 5.74) is 1.92. The minimum Gasteiger partial charge on any atom is -0.455 e. The first-order valence-corrected chi connectivity index (χ1v) is 10.2. The highest BCUT2D eigenvalue weighted by Crippen LogP contribution is 2.39. The summed E-state index contributed by atoms with van der Waals surface area (Å²) in [5, 5.41) is 14.6. The standard InChI is InChI=1S/C20H25N3O4S/c1-13-4-7-16(14(2)8-13)22-18(25)10-28-11-19(26)27-9-17(24)23-20(3,12-21)15-5-6-15/h4,7-8,15H,5-6,9-11H2,1-3H3,(H,22,25)(H,23,24)/t20-/m1/s1. The van der Waals surface area contributed by atoms with E-state index in [1.54, 1.807) is 6.92 Å². The number of anilines is 1. The van der Waals surface area contributed by atoms with E-state index in [-0.39, 0.29) is 23.3 Å². The normalized spacial score (nSPS) is 15.1. The lowest BCUT2D eigenvalue weighted by Gasteiger charge is -2.22. The molecule has 0 spiro atoms. The maximum atomic E-state index is 12.0. The van der Waals surface area contributed by atoms with Crippen molar-refractivity contribution in [1.29, 1.82) is 5.26 Å². The van der Waals surface area contributed by atoms with Gasteiger partial charge < -0.3 is 15.4 Å². The molecule has 0 unspecified atom stereocenters. The maximum Gasteiger partial charge on any atom is 0.316 e. The molecule has 1 aliphatic carbocycles. The van der Waals surface area contributed by atoms with E-state index < -0.39 is 24.0 Å². The average molecular weight is 404 g/mol. The van der Waals surface area contributed by atoms with E-state index in [2.05, 4.69) is 16.7 Å². The largest absolute Gasteiger partial charge is 0.455 e. The Hall–Kier alpha value is -2.53. The van der Waals surface area contributed by atoms with Crippen molar-refractivity contribution < 1.29 is 19.1 Å². The van der Waals surface area contributed by atoms with Crippen molar-refractivity contribution in [1.82, 2.24) is 5.32 Å². The Balaban J connectivity index is 1.65. The van der Waals surface area contributed by atoms with Gasteiger partial charge in [-0.15, -0.1) is 11.8 Å². The molecule has 1 atom stereocenters. The third-order valence-corrected chi connectivity index (χ3v) is 5.40. The predicted molar refractivity (Wildman–Crippen MR) is 108 cm³/mol. The highest BCUT2D eigenvalue weighted by molar-refractivity contribution is 8.00. The number of nitrogens with one attached hydrogen (secondary N) is 2. The van der Waals surface area contributed by atoms with Gasteiger partial charge in [-0.1, -0.05) is 17.7 Å². The molecule has 0 radical (unpaired) electrons. The number of nitrogens with zero attached hydrogens (tertiary/aromatic N) is 1. The first kappa shape index (κ1) is 21.8. The van der Waals surface area contributed by atoms with Gasteiger partial charge in [0, 0.05) is 5.69 Å². The summed E-state index contributed by atoms with van der Waals surface area (Å²) in [4.78, 5) is 35.6. The van der Waals surface area contributed by atoms with Gasteiger partial charge >= 0.3 is 5.97 Å². The zero-order valence-corrected chi connectivity index (χ0v) is 17.1.